The molecule has 0 radical (unpaired) electrons. The molecular weight excluding hydrogens is 216 g/mol. The van der Waals surface area contributed by atoms with Gasteiger partial charge in [0.15, 0.2) is 5.78 Å². The maximum atomic E-state index is 11.5. The number of carbonyl (C=O) groups is 1. The summed E-state index contributed by atoms with van der Waals surface area (Å²) in [4.78, 5) is 15.8. The molecule has 0 aliphatic carbocycles. The van der Waals surface area contributed by atoms with Crippen LogP contribution in [0.5, 0.6) is 0 Å². The molecule has 0 N–H and O–H groups in total. The van der Waals surface area contributed by atoms with Crippen LogP contribution in [-0.4, -0.2) is 29.1 Å². The second-order valence-corrected chi connectivity index (χ2v) is 4.27. The average Bonchev–Trinajstić information content (AvgIpc) is 2.63. The predicted molar refractivity (Wildman–Crippen MR) is 66.1 cm³/mol. The number of methoxy groups -OCH3 is 1. The van der Waals surface area contributed by atoms with Gasteiger partial charge in [-0.2, -0.15) is 0 Å². The summed E-state index contributed by atoms with van der Waals surface area (Å²) in [6.07, 6.45) is 1.71. The Bertz CT molecular complexity index is 558. The first-order chi connectivity index (χ1) is 8.11. The number of rotatable bonds is 4. The van der Waals surface area contributed by atoms with Gasteiger partial charge in [0.25, 0.3) is 0 Å². The maximum absolute atomic E-state index is 11.5. The van der Waals surface area contributed by atoms with Crippen molar-refractivity contribution >= 4 is 16.8 Å². The van der Waals surface area contributed by atoms with E-state index in [4.69, 9.17) is 4.74 Å². The van der Waals surface area contributed by atoms with Crippen molar-refractivity contribution in [2.24, 2.45) is 0 Å². The Labute approximate surface area is 100 Å². The molecule has 0 saturated carbocycles. The molecule has 0 saturated heterocycles. The quantitative estimate of drug-likeness (QED) is 0.808. The summed E-state index contributed by atoms with van der Waals surface area (Å²) < 4.78 is 6.69. The SMILES string of the molecule is COCC(=O)Cn1cnc2cc(C)c(C)cc21. The van der Waals surface area contributed by atoms with Crippen molar-refractivity contribution in [3.05, 3.63) is 29.6 Å². The summed E-state index contributed by atoms with van der Waals surface area (Å²) in [5.41, 5.74) is 4.35. The molecule has 0 atom stereocenters. The van der Waals surface area contributed by atoms with Crippen LogP contribution in [0.4, 0.5) is 0 Å². The van der Waals surface area contributed by atoms with Gasteiger partial charge in [0, 0.05) is 7.11 Å². The van der Waals surface area contributed by atoms with Gasteiger partial charge in [-0.25, -0.2) is 4.98 Å². The third-order valence-corrected chi connectivity index (χ3v) is 2.89. The van der Waals surface area contributed by atoms with Gasteiger partial charge in [-0.15, -0.1) is 0 Å². The van der Waals surface area contributed by atoms with E-state index >= 15 is 0 Å². The molecule has 0 spiro atoms. The molecule has 0 aliphatic rings. The molecule has 0 unspecified atom stereocenters. The molecule has 0 amide bonds. The number of hydrogen-bond donors (Lipinski definition) is 0. The van der Waals surface area contributed by atoms with Crippen molar-refractivity contribution in [1.82, 2.24) is 9.55 Å². The van der Waals surface area contributed by atoms with Gasteiger partial charge >= 0.3 is 0 Å². The number of aromatic nitrogens is 2. The Kier molecular flexibility index (Phi) is 3.24. The van der Waals surface area contributed by atoms with Crippen LogP contribution in [0, 0.1) is 13.8 Å². The van der Waals surface area contributed by atoms with Gasteiger partial charge < -0.3 is 9.30 Å². The fourth-order valence-electron chi connectivity index (χ4n) is 1.84. The second-order valence-electron chi connectivity index (χ2n) is 4.27. The Hall–Kier alpha value is -1.68. The highest BCUT2D eigenvalue weighted by Gasteiger charge is 2.08. The molecule has 1 heterocycles. The van der Waals surface area contributed by atoms with Crippen molar-refractivity contribution in [3.63, 3.8) is 0 Å². The van der Waals surface area contributed by atoms with E-state index in [1.165, 1.54) is 18.2 Å². The zero-order chi connectivity index (χ0) is 12.4. The molecule has 1 aromatic carbocycles. The normalized spacial score (nSPS) is 11.0. The number of imidazole rings is 1. The third kappa shape index (κ3) is 2.36. The van der Waals surface area contributed by atoms with Crippen molar-refractivity contribution in [1.29, 1.82) is 0 Å². The molecule has 90 valence electrons. The molecule has 0 bridgehead atoms. The van der Waals surface area contributed by atoms with Crippen LogP contribution in [-0.2, 0) is 16.1 Å². The zero-order valence-corrected chi connectivity index (χ0v) is 10.4. The molecule has 0 fully saturated rings. The van der Waals surface area contributed by atoms with Crippen molar-refractivity contribution < 1.29 is 9.53 Å². The first-order valence-electron chi connectivity index (χ1n) is 5.54. The van der Waals surface area contributed by atoms with E-state index in [2.05, 4.69) is 24.9 Å². The molecule has 4 heteroatoms. The van der Waals surface area contributed by atoms with Crippen LogP contribution in [0.25, 0.3) is 11.0 Å². The van der Waals surface area contributed by atoms with Gasteiger partial charge in [-0.05, 0) is 37.1 Å². The molecule has 2 rings (SSSR count). The predicted octanol–water partition coefficient (Wildman–Crippen LogP) is 1.87. The van der Waals surface area contributed by atoms with Gasteiger partial charge in [-0.1, -0.05) is 0 Å². The topological polar surface area (TPSA) is 44.1 Å². The van der Waals surface area contributed by atoms with Crippen LogP contribution in [0.2, 0.25) is 0 Å². The highest BCUT2D eigenvalue weighted by molar-refractivity contribution is 5.83. The lowest BCUT2D eigenvalue weighted by Crippen LogP contribution is -2.14. The molecule has 17 heavy (non-hydrogen) atoms. The number of ether oxygens (including phenoxy) is 1. The van der Waals surface area contributed by atoms with E-state index in [1.54, 1.807) is 6.33 Å². The summed E-state index contributed by atoms with van der Waals surface area (Å²) in [6.45, 7) is 4.57. The van der Waals surface area contributed by atoms with E-state index in [0.717, 1.165) is 11.0 Å². The third-order valence-electron chi connectivity index (χ3n) is 2.89. The summed E-state index contributed by atoms with van der Waals surface area (Å²) in [5.74, 6) is 0.0463. The fourth-order valence-corrected chi connectivity index (χ4v) is 1.84. The van der Waals surface area contributed by atoms with Crippen LogP contribution >= 0.6 is 0 Å². The van der Waals surface area contributed by atoms with E-state index in [1.807, 2.05) is 10.6 Å². The van der Waals surface area contributed by atoms with E-state index in [0.29, 0.717) is 6.54 Å². The standard InChI is InChI=1S/C13H16N2O2/c1-9-4-12-13(5-10(9)2)15(8-14-12)6-11(16)7-17-3/h4-5,8H,6-7H2,1-3H3. The molecule has 1 aromatic heterocycles. The number of benzene rings is 1. The van der Waals surface area contributed by atoms with E-state index in [9.17, 15) is 4.79 Å². The summed E-state index contributed by atoms with van der Waals surface area (Å²) in [7, 11) is 1.53. The van der Waals surface area contributed by atoms with Gasteiger partial charge in [0.05, 0.1) is 23.9 Å². The number of fused-ring (bicyclic) bond motifs is 1. The van der Waals surface area contributed by atoms with Crippen LogP contribution < -0.4 is 0 Å². The summed E-state index contributed by atoms with van der Waals surface area (Å²) >= 11 is 0. The molecular formula is C13H16N2O2. The average molecular weight is 232 g/mol. The number of ketones is 1. The minimum absolute atomic E-state index is 0.0463. The second kappa shape index (κ2) is 4.67. The molecule has 0 aliphatic heterocycles. The van der Waals surface area contributed by atoms with Crippen molar-refractivity contribution in [3.8, 4) is 0 Å². The summed E-state index contributed by atoms with van der Waals surface area (Å²) in [6, 6.07) is 4.11. The Morgan fingerprint density at radius 1 is 1.35 bits per heavy atom. The Morgan fingerprint density at radius 2 is 2.06 bits per heavy atom. The minimum Gasteiger partial charge on any atom is -0.377 e. The smallest absolute Gasteiger partial charge is 0.178 e. The van der Waals surface area contributed by atoms with Crippen molar-refractivity contribution in [2.75, 3.05) is 13.7 Å². The van der Waals surface area contributed by atoms with Gasteiger partial charge in [0.1, 0.15) is 6.61 Å². The van der Waals surface area contributed by atoms with E-state index < -0.39 is 0 Å². The van der Waals surface area contributed by atoms with Crippen LogP contribution in [0.15, 0.2) is 18.5 Å². The maximum Gasteiger partial charge on any atom is 0.178 e. The lowest BCUT2D eigenvalue weighted by molar-refractivity contribution is -0.123. The monoisotopic (exact) mass is 232 g/mol. The lowest BCUT2D eigenvalue weighted by Gasteiger charge is -2.05. The number of aryl methyl sites for hydroxylation is 2. The van der Waals surface area contributed by atoms with Gasteiger partial charge in [0.2, 0.25) is 0 Å². The highest BCUT2D eigenvalue weighted by Crippen LogP contribution is 2.18. The summed E-state index contributed by atoms with van der Waals surface area (Å²) in [5, 5.41) is 0. The lowest BCUT2D eigenvalue weighted by atomic mass is 10.1. The van der Waals surface area contributed by atoms with Crippen LogP contribution in [0.3, 0.4) is 0 Å². The first-order valence-corrected chi connectivity index (χ1v) is 5.54. The molecule has 2 aromatic rings. The number of carbonyl (C=O) groups excluding carboxylic acids is 1. The van der Waals surface area contributed by atoms with Crippen LogP contribution in [0.1, 0.15) is 11.1 Å². The first kappa shape index (κ1) is 11.8. The molecule has 4 nitrogen and oxygen atoms in total. The van der Waals surface area contributed by atoms with Crippen molar-refractivity contribution in [2.45, 2.75) is 20.4 Å². The number of Topliss-reactive ketones (excluding diaryl/α,β-unsaturated/α-hetero) is 1. The van der Waals surface area contributed by atoms with E-state index in [-0.39, 0.29) is 12.4 Å². The Balaban J connectivity index is 2.36. The Morgan fingerprint density at radius 3 is 2.76 bits per heavy atom. The fraction of sp³-hybridized carbons (Fsp3) is 0.385. The number of nitrogens with zero attached hydrogens (tertiary/aromatic N) is 2. The van der Waals surface area contributed by atoms with Gasteiger partial charge in [-0.3, -0.25) is 4.79 Å². The zero-order valence-electron chi connectivity index (χ0n) is 10.4. The number of hydrogen-bond acceptors (Lipinski definition) is 3. The minimum atomic E-state index is 0.0463. The highest BCUT2D eigenvalue weighted by atomic mass is 16.5. The largest absolute Gasteiger partial charge is 0.377 e.